The Bertz CT molecular complexity index is 1050. The van der Waals surface area contributed by atoms with E-state index in [4.69, 9.17) is 9.84 Å². The van der Waals surface area contributed by atoms with Gasteiger partial charge in [-0.3, -0.25) is 0 Å². The first-order chi connectivity index (χ1) is 17.0. The minimum atomic E-state index is -1.52. The van der Waals surface area contributed by atoms with Crippen molar-refractivity contribution in [3.8, 4) is 16.9 Å². The van der Waals surface area contributed by atoms with Crippen molar-refractivity contribution >= 4 is 0 Å². The van der Waals surface area contributed by atoms with Crippen LogP contribution in [0.3, 0.4) is 0 Å². The molecular weight excluding hydrogens is 462 g/mol. The zero-order chi connectivity index (χ0) is 26.5. The number of aliphatic hydroxyl groups excluding tert-OH is 5. The van der Waals surface area contributed by atoms with Gasteiger partial charge in [0.15, 0.2) is 0 Å². The largest absolute Gasteiger partial charge is 0.872 e. The molecule has 0 spiro atoms. The molecule has 196 valence electrons. The molecular formula is C28H37NO7. The molecule has 8 nitrogen and oxygen atoms in total. The van der Waals surface area contributed by atoms with Crippen LogP contribution in [0.4, 0.5) is 0 Å². The van der Waals surface area contributed by atoms with Crippen molar-refractivity contribution in [3.05, 3.63) is 77.4 Å². The number of likely N-dealkylation sites (N-methyl/N-ethyl adjacent to an activating group) is 1. The predicted molar refractivity (Wildman–Crippen MR) is 134 cm³/mol. The van der Waals surface area contributed by atoms with Crippen LogP contribution in [0, 0.1) is 0 Å². The lowest BCUT2D eigenvalue weighted by molar-refractivity contribution is -0.870. The van der Waals surface area contributed by atoms with E-state index in [1.165, 1.54) is 6.07 Å². The SMILES string of the molecule is C[N+](C)(C)CCO.[O-]c1ccc(Cc2cc3cccccc-3c2)cc1[C@@H]1O[C@H](CO)[C@@H](O)[C@H](O)[C@H]1O. The van der Waals surface area contributed by atoms with Crippen LogP contribution >= 0.6 is 0 Å². The first-order valence-electron chi connectivity index (χ1n) is 12.0. The third-order valence-electron chi connectivity index (χ3n) is 6.24. The highest BCUT2D eigenvalue weighted by Crippen LogP contribution is 2.36. The molecule has 1 aromatic carbocycles. The molecule has 1 heterocycles. The zero-order valence-corrected chi connectivity index (χ0v) is 21.0. The Morgan fingerprint density at radius 1 is 0.806 bits per heavy atom. The summed E-state index contributed by atoms with van der Waals surface area (Å²) in [6.07, 6.45) is -6.04. The number of benzene rings is 1. The molecule has 0 aromatic heterocycles. The second kappa shape index (κ2) is 12.1. The lowest BCUT2D eigenvalue weighted by Gasteiger charge is -2.41. The first kappa shape index (κ1) is 28.0. The van der Waals surface area contributed by atoms with Crippen LogP contribution in [0.2, 0.25) is 0 Å². The number of hydrogen-bond donors (Lipinski definition) is 5. The number of fused-ring (bicyclic) bond motifs is 1. The van der Waals surface area contributed by atoms with Crippen LogP contribution in [0.1, 0.15) is 22.8 Å². The van der Waals surface area contributed by atoms with Crippen molar-refractivity contribution in [2.45, 2.75) is 36.9 Å². The minimum Gasteiger partial charge on any atom is -0.872 e. The summed E-state index contributed by atoms with van der Waals surface area (Å²) < 4.78 is 6.39. The number of ether oxygens (including phenoxy) is 1. The van der Waals surface area contributed by atoms with Crippen LogP contribution in [0.15, 0.2) is 60.7 Å². The number of rotatable bonds is 6. The molecule has 1 fully saturated rings. The maximum Gasteiger partial charge on any atom is 0.113 e. The van der Waals surface area contributed by atoms with Gasteiger partial charge in [-0.1, -0.05) is 60.7 Å². The molecule has 2 aliphatic carbocycles. The van der Waals surface area contributed by atoms with E-state index in [1.807, 2.05) is 30.3 Å². The summed E-state index contributed by atoms with van der Waals surface area (Å²) in [5.74, 6) is -0.335. The number of nitrogens with zero attached hydrogens (tertiary/aromatic N) is 1. The molecule has 1 aliphatic heterocycles. The van der Waals surface area contributed by atoms with E-state index in [-0.39, 0.29) is 17.9 Å². The summed E-state index contributed by atoms with van der Waals surface area (Å²) in [5.41, 5.74) is 4.39. The Kier molecular flexibility index (Phi) is 9.43. The standard InChI is InChI=1S/C23H24O6.C5H14NO/c24-12-19-20(26)21(27)22(28)23(29-19)17-11-13(6-7-18(17)25)8-14-9-15-4-2-1-3-5-16(15)10-14;1-6(2,3)4-5-7/h1-7,9-11,19-28H,8,12H2;7H,4-5H2,1-3H3/q;+1/p-1/t19-,20-,21+,22-,23+;/m1./s1. The van der Waals surface area contributed by atoms with Crippen molar-refractivity contribution in [1.82, 2.24) is 0 Å². The fraction of sp³-hybridized carbons (Fsp3) is 0.429. The van der Waals surface area contributed by atoms with Gasteiger partial charge in [0.05, 0.1) is 34.4 Å². The Morgan fingerprint density at radius 2 is 1.44 bits per heavy atom. The third-order valence-corrected chi connectivity index (χ3v) is 6.24. The van der Waals surface area contributed by atoms with E-state index in [0.717, 1.165) is 33.3 Å². The molecule has 0 radical (unpaired) electrons. The lowest BCUT2D eigenvalue weighted by Crippen LogP contribution is -2.55. The van der Waals surface area contributed by atoms with Gasteiger partial charge in [0.1, 0.15) is 37.1 Å². The normalized spacial score (nSPS) is 24.3. The smallest absolute Gasteiger partial charge is 0.113 e. The van der Waals surface area contributed by atoms with E-state index in [9.17, 15) is 25.5 Å². The quantitative estimate of drug-likeness (QED) is 0.315. The lowest BCUT2D eigenvalue weighted by atomic mass is 9.89. The Labute approximate surface area is 212 Å². The fourth-order valence-corrected chi connectivity index (χ4v) is 4.21. The maximum absolute atomic E-state index is 12.4. The zero-order valence-electron chi connectivity index (χ0n) is 21.0. The van der Waals surface area contributed by atoms with Gasteiger partial charge in [0.25, 0.3) is 0 Å². The highest BCUT2D eigenvalue weighted by Gasteiger charge is 2.44. The number of aliphatic hydroxyl groups is 5. The second-order valence-electron chi connectivity index (χ2n) is 10.2. The maximum atomic E-state index is 12.4. The molecule has 36 heavy (non-hydrogen) atoms. The topological polar surface area (TPSA) is 133 Å². The molecule has 0 amide bonds. The minimum absolute atomic E-state index is 0.196. The number of hydrogen-bond acceptors (Lipinski definition) is 7. The molecule has 1 aromatic rings. The molecule has 5 N–H and O–H groups in total. The van der Waals surface area contributed by atoms with E-state index < -0.39 is 37.1 Å². The summed E-state index contributed by atoms with van der Waals surface area (Å²) in [6, 6.07) is 19.0. The van der Waals surface area contributed by atoms with E-state index in [2.05, 4.69) is 33.3 Å². The van der Waals surface area contributed by atoms with Gasteiger partial charge in [-0.2, -0.15) is 0 Å². The average molecular weight is 500 g/mol. The van der Waals surface area contributed by atoms with Crippen LogP contribution in [0.5, 0.6) is 5.75 Å². The van der Waals surface area contributed by atoms with Crippen LogP contribution in [-0.4, -0.2) is 95.3 Å². The summed E-state index contributed by atoms with van der Waals surface area (Å²) in [6.45, 7) is 0.580. The fourth-order valence-electron chi connectivity index (χ4n) is 4.21. The van der Waals surface area contributed by atoms with Crippen LogP contribution < -0.4 is 5.11 Å². The van der Waals surface area contributed by atoms with Gasteiger partial charge in [-0.05, 0) is 34.2 Å². The van der Waals surface area contributed by atoms with E-state index in [0.29, 0.717) is 6.42 Å². The van der Waals surface area contributed by atoms with Crippen molar-refractivity contribution in [3.63, 3.8) is 0 Å². The summed E-state index contributed by atoms with van der Waals surface area (Å²) in [7, 11) is 6.16. The van der Waals surface area contributed by atoms with Gasteiger partial charge < -0.3 is 39.9 Å². The Hall–Kier alpha value is -2.56. The monoisotopic (exact) mass is 499 g/mol. The van der Waals surface area contributed by atoms with Gasteiger partial charge in [-0.15, -0.1) is 5.75 Å². The van der Waals surface area contributed by atoms with E-state index >= 15 is 0 Å². The molecule has 1 saturated heterocycles. The Balaban J connectivity index is 0.000000454. The summed E-state index contributed by atoms with van der Waals surface area (Å²) >= 11 is 0. The first-order valence-corrected chi connectivity index (χ1v) is 12.0. The van der Waals surface area contributed by atoms with Gasteiger partial charge >= 0.3 is 0 Å². The van der Waals surface area contributed by atoms with Crippen LogP contribution in [0.25, 0.3) is 11.1 Å². The molecule has 4 rings (SSSR count). The molecule has 8 heteroatoms. The van der Waals surface area contributed by atoms with Crippen LogP contribution in [-0.2, 0) is 11.2 Å². The highest BCUT2D eigenvalue weighted by molar-refractivity contribution is 5.68. The Morgan fingerprint density at radius 3 is 1.97 bits per heavy atom. The average Bonchev–Trinajstić information content (AvgIpc) is 3.06. The predicted octanol–water partition coefficient (Wildman–Crippen LogP) is 0.656. The summed E-state index contributed by atoms with van der Waals surface area (Å²) in [4.78, 5) is 0. The van der Waals surface area contributed by atoms with Crippen molar-refractivity contribution in [2.75, 3.05) is 40.9 Å². The second-order valence-corrected chi connectivity index (χ2v) is 10.2. The van der Waals surface area contributed by atoms with Gasteiger partial charge in [0, 0.05) is 0 Å². The van der Waals surface area contributed by atoms with Crippen molar-refractivity contribution in [1.29, 1.82) is 0 Å². The highest BCUT2D eigenvalue weighted by atomic mass is 16.5. The number of quaternary nitrogens is 1. The molecule has 0 unspecified atom stereocenters. The van der Waals surface area contributed by atoms with Gasteiger partial charge in [-0.25, -0.2) is 0 Å². The molecule has 3 aliphatic rings. The molecule has 0 saturated carbocycles. The third kappa shape index (κ3) is 7.02. The van der Waals surface area contributed by atoms with Crippen molar-refractivity contribution < 1.29 is 39.9 Å². The molecule has 5 atom stereocenters. The van der Waals surface area contributed by atoms with Gasteiger partial charge in [0.2, 0.25) is 0 Å². The van der Waals surface area contributed by atoms with Crippen molar-refractivity contribution in [2.24, 2.45) is 0 Å². The van der Waals surface area contributed by atoms with E-state index in [1.54, 1.807) is 12.1 Å². The summed E-state index contributed by atoms with van der Waals surface area (Å²) in [5, 5.41) is 60.5. The molecule has 0 bridgehead atoms.